The van der Waals surface area contributed by atoms with Crippen molar-refractivity contribution >= 4 is 17.2 Å². The van der Waals surface area contributed by atoms with Gasteiger partial charge in [-0.1, -0.05) is 42.5 Å². The maximum absolute atomic E-state index is 12.9. The van der Waals surface area contributed by atoms with Gasteiger partial charge in [-0.3, -0.25) is 4.79 Å². The third kappa shape index (κ3) is 3.88. The first-order valence-corrected chi connectivity index (χ1v) is 10.1. The number of nitrogens with zero attached hydrogens (tertiary/aromatic N) is 2. The van der Waals surface area contributed by atoms with Crippen LogP contribution in [0.5, 0.6) is 5.75 Å². The zero-order chi connectivity index (χ0) is 18.6. The van der Waals surface area contributed by atoms with E-state index in [2.05, 4.69) is 17.1 Å². The second-order valence-corrected chi connectivity index (χ2v) is 7.56. The molecule has 1 saturated heterocycles. The molecule has 1 unspecified atom stereocenters. The molecule has 0 saturated carbocycles. The Labute approximate surface area is 163 Å². The molecule has 0 bridgehead atoms. The van der Waals surface area contributed by atoms with Gasteiger partial charge >= 0.3 is 0 Å². The second kappa shape index (κ2) is 7.92. The van der Waals surface area contributed by atoms with Gasteiger partial charge in [0.2, 0.25) is 5.91 Å². The molecule has 0 spiro atoms. The third-order valence-electron chi connectivity index (χ3n) is 4.98. The van der Waals surface area contributed by atoms with Crippen LogP contribution in [-0.2, 0) is 11.2 Å². The van der Waals surface area contributed by atoms with E-state index < -0.39 is 0 Å². The molecule has 1 atom stereocenters. The van der Waals surface area contributed by atoms with Crippen LogP contribution >= 0.6 is 11.3 Å². The van der Waals surface area contributed by atoms with Crippen LogP contribution < -0.4 is 4.74 Å². The summed E-state index contributed by atoms with van der Waals surface area (Å²) in [5.41, 5.74) is 3.12. The van der Waals surface area contributed by atoms with Crippen molar-refractivity contribution in [3.63, 3.8) is 0 Å². The lowest BCUT2D eigenvalue weighted by Crippen LogP contribution is -2.31. The van der Waals surface area contributed by atoms with Crippen molar-refractivity contribution in [3.05, 3.63) is 71.2 Å². The Bertz CT molecular complexity index is 906. The normalized spacial score (nSPS) is 16.5. The van der Waals surface area contributed by atoms with E-state index >= 15 is 0 Å². The highest BCUT2D eigenvalue weighted by molar-refractivity contribution is 7.13. The number of hydrogen-bond acceptors (Lipinski definition) is 4. The summed E-state index contributed by atoms with van der Waals surface area (Å²) in [5.74, 6) is 0.990. The number of benzene rings is 2. The molecule has 3 aromatic rings. The van der Waals surface area contributed by atoms with Gasteiger partial charge in [-0.2, -0.15) is 0 Å². The Kier molecular flexibility index (Phi) is 5.21. The van der Waals surface area contributed by atoms with Crippen molar-refractivity contribution in [2.75, 3.05) is 13.7 Å². The molecule has 2 heterocycles. The van der Waals surface area contributed by atoms with Crippen LogP contribution in [0.3, 0.4) is 0 Å². The predicted octanol–water partition coefficient (Wildman–Crippen LogP) is 4.72. The fourth-order valence-electron chi connectivity index (χ4n) is 3.60. The molecule has 27 heavy (non-hydrogen) atoms. The Morgan fingerprint density at radius 1 is 1.19 bits per heavy atom. The number of aromatic nitrogens is 1. The molecule has 1 aliphatic heterocycles. The highest BCUT2D eigenvalue weighted by Gasteiger charge is 2.30. The smallest absolute Gasteiger partial charge is 0.229 e. The average Bonchev–Trinajstić information content (AvgIpc) is 3.38. The highest BCUT2D eigenvalue weighted by Crippen LogP contribution is 2.33. The van der Waals surface area contributed by atoms with Gasteiger partial charge in [0.25, 0.3) is 0 Å². The number of amides is 1. The van der Waals surface area contributed by atoms with Crippen molar-refractivity contribution in [1.29, 1.82) is 0 Å². The summed E-state index contributed by atoms with van der Waals surface area (Å²) in [6.07, 6.45) is 2.40. The van der Waals surface area contributed by atoms with Crippen LogP contribution in [0.2, 0.25) is 0 Å². The Morgan fingerprint density at radius 2 is 1.96 bits per heavy atom. The molecule has 4 nitrogen and oxygen atoms in total. The van der Waals surface area contributed by atoms with Crippen molar-refractivity contribution in [2.45, 2.75) is 25.3 Å². The van der Waals surface area contributed by atoms with E-state index in [-0.39, 0.29) is 11.9 Å². The van der Waals surface area contributed by atoms with E-state index in [9.17, 15) is 4.79 Å². The molecule has 1 fully saturated rings. The van der Waals surface area contributed by atoms with Crippen molar-refractivity contribution in [3.8, 4) is 16.3 Å². The van der Waals surface area contributed by atoms with Gasteiger partial charge in [0.15, 0.2) is 0 Å². The molecular formula is C22H22N2O2S. The van der Waals surface area contributed by atoms with Crippen LogP contribution in [0.1, 0.15) is 30.1 Å². The second-order valence-electron chi connectivity index (χ2n) is 6.71. The lowest BCUT2D eigenvalue weighted by molar-refractivity contribution is -0.131. The number of methoxy groups -OCH3 is 1. The van der Waals surface area contributed by atoms with Gasteiger partial charge in [-0.05, 0) is 30.5 Å². The summed E-state index contributed by atoms with van der Waals surface area (Å²) in [5, 5.41) is 2.96. The van der Waals surface area contributed by atoms with Gasteiger partial charge in [0.1, 0.15) is 10.8 Å². The minimum Gasteiger partial charge on any atom is -0.497 e. The Morgan fingerprint density at radius 3 is 2.70 bits per heavy atom. The van der Waals surface area contributed by atoms with Gasteiger partial charge in [0, 0.05) is 17.5 Å². The van der Waals surface area contributed by atoms with E-state index in [1.54, 1.807) is 18.4 Å². The van der Waals surface area contributed by atoms with Crippen LogP contribution in [0.15, 0.2) is 60.0 Å². The number of likely N-dealkylation sites (tertiary alicyclic amines) is 1. The van der Waals surface area contributed by atoms with Gasteiger partial charge in [0.05, 0.1) is 25.3 Å². The van der Waals surface area contributed by atoms with Crippen LogP contribution in [0, 0.1) is 0 Å². The zero-order valence-electron chi connectivity index (χ0n) is 15.3. The van der Waals surface area contributed by atoms with Crippen molar-refractivity contribution < 1.29 is 9.53 Å². The fourth-order valence-corrected chi connectivity index (χ4v) is 4.42. The molecule has 0 radical (unpaired) electrons. The quantitative estimate of drug-likeness (QED) is 0.645. The predicted molar refractivity (Wildman–Crippen MR) is 108 cm³/mol. The number of ether oxygens (including phenoxy) is 1. The number of hydrogen-bond donors (Lipinski definition) is 0. The lowest BCUT2D eigenvalue weighted by Gasteiger charge is -2.25. The summed E-state index contributed by atoms with van der Waals surface area (Å²) < 4.78 is 5.24. The summed E-state index contributed by atoms with van der Waals surface area (Å²) in [7, 11) is 1.66. The van der Waals surface area contributed by atoms with E-state index in [1.165, 1.54) is 5.56 Å². The SMILES string of the molecule is COc1ccc(C2CCCN2C(=O)Cc2csc(-c3ccccc3)n2)cc1. The zero-order valence-corrected chi connectivity index (χ0v) is 16.1. The molecule has 0 aliphatic carbocycles. The monoisotopic (exact) mass is 378 g/mol. The topological polar surface area (TPSA) is 42.4 Å². The molecule has 1 aliphatic rings. The van der Waals surface area contributed by atoms with E-state index in [1.807, 2.05) is 52.7 Å². The first-order valence-electron chi connectivity index (χ1n) is 9.18. The highest BCUT2D eigenvalue weighted by atomic mass is 32.1. The molecular weight excluding hydrogens is 356 g/mol. The number of thiazole rings is 1. The average molecular weight is 378 g/mol. The molecule has 138 valence electrons. The molecule has 1 amide bonds. The lowest BCUT2D eigenvalue weighted by atomic mass is 10.0. The van der Waals surface area contributed by atoms with Crippen molar-refractivity contribution in [1.82, 2.24) is 9.88 Å². The first-order chi connectivity index (χ1) is 13.2. The maximum Gasteiger partial charge on any atom is 0.229 e. The molecule has 2 aromatic carbocycles. The first kappa shape index (κ1) is 17.7. The summed E-state index contributed by atoms with van der Waals surface area (Å²) in [6, 6.07) is 18.3. The number of rotatable bonds is 5. The van der Waals surface area contributed by atoms with Crippen LogP contribution in [0.25, 0.3) is 10.6 Å². The Hall–Kier alpha value is -2.66. The third-order valence-corrected chi connectivity index (χ3v) is 5.92. The van der Waals surface area contributed by atoms with E-state index in [0.717, 1.165) is 41.4 Å². The molecule has 1 aromatic heterocycles. The largest absolute Gasteiger partial charge is 0.497 e. The standard InChI is InChI=1S/C22H22N2O2S/c1-26-19-11-9-16(10-12-19)20-8-5-13-24(20)21(25)14-18-15-27-22(23-18)17-6-3-2-4-7-17/h2-4,6-7,9-12,15,20H,5,8,13-14H2,1H3. The minimum atomic E-state index is 0.149. The van der Waals surface area contributed by atoms with Crippen molar-refractivity contribution in [2.24, 2.45) is 0 Å². The van der Waals surface area contributed by atoms with E-state index in [4.69, 9.17) is 4.74 Å². The van der Waals surface area contributed by atoms with E-state index in [0.29, 0.717) is 6.42 Å². The summed E-state index contributed by atoms with van der Waals surface area (Å²) in [4.78, 5) is 19.6. The van der Waals surface area contributed by atoms with Crippen LogP contribution in [-0.4, -0.2) is 29.4 Å². The molecule has 4 rings (SSSR count). The summed E-state index contributed by atoms with van der Waals surface area (Å²) in [6.45, 7) is 0.811. The molecule has 0 N–H and O–H groups in total. The summed E-state index contributed by atoms with van der Waals surface area (Å²) >= 11 is 1.59. The van der Waals surface area contributed by atoms with Gasteiger partial charge in [-0.25, -0.2) is 4.98 Å². The maximum atomic E-state index is 12.9. The minimum absolute atomic E-state index is 0.149. The molecule has 5 heteroatoms. The number of carbonyl (C=O) groups excluding carboxylic acids is 1. The van der Waals surface area contributed by atoms with Crippen LogP contribution in [0.4, 0.5) is 0 Å². The van der Waals surface area contributed by atoms with Gasteiger partial charge < -0.3 is 9.64 Å². The van der Waals surface area contributed by atoms with Gasteiger partial charge in [-0.15, -0.1) is 11.3 Å². The number of carbonyl (C=O) groups is 1. The fraction of sp³-hybridized carbons (Fsp3) is 0.273. The Balaban J connectivity index is 1.46.